The molecule has 0 saturated heterocycles. The fraction of sp³-hybridized carbons (Fsp3) is 0.974. The van der Waals surface area contributed by atoms with Crippen LogP contribution in [0.4, 0.5) is 0 Å². The minimum Gasteiger partial charge on any atom is -0.462 e. The van der Waals surface area contributed by atoms with E-state index in [1.54, 1.807) is 0 Å². The van der Waals surface area contributed by atoms with Crippen molar-refractivity contribution >= 4 is 19.8 Å². The second kappa shape index (κ2) is 73.1. The highest BCUT2D eigenvalue weighted by molar-refractivity contribution is 7.47. The molecule has 0 aliphatic heterocycles. The summed E-state index contributed by atoms with van der Waals surface area (Å²) in [5, 5.41) is 0. The second-order valence-corrected chi connectivity index (χ2v) is 28.4. The van der Waals surface area contributed by atoms with Gasteiger partial charge in [-0.25, -0.2) is 4.57 Å². The third kappa shape index (κ3) is 72.1. The van der Waals surface area contributed by atoms with E-state index in [9.17, 15) is 19.0 Å². The predicted molar refractivity (Wildman–Crippen MR) is 372 cm³/mol. The minimum atomic E-state index is -4.39. The molecule has 3 N–H and O–H groups in total. The van der Waals surface area contributed by atoms with Crippen LogP contribution in [0.25, 0.3) is 0 Å². The number of phosphoric ester groups is 1. The first-order valence-electron chi connectivity index (χ1n) is 39.0. The molecule has 10 heteroatoms. The smallest absolute Gasteiger partial charge is 0.462 e. The molecule has 0 aromatic heterocycles. The summed E-state index contributed by atoms with van der Waals surface area (Å²) in [7, 11) is -4.39. The van der Waals surface area contributed by atoms with E-state index in [0.29, 0.717) is 12.8 Å². The van der Waals surface area contributed by atoms with Crippen LogP contribution in [0, 0.1) is 0 Å². The van der Waals surface area contributed by atoms with Gasteiger partial charge >= 0.3 is 19.8 Å². The normalized spacial score (nSPS) is 12.7. The van der Waals surface area contributed by atoms with E-state index in [1.165, 1.54) is 379 Å². The van der Waals surface area contributed by atoms with Crippen LogP contribution < -0.4 is 5.73 Å². The van der Waals surface area contributed by atoms with Gasteiger partial charge in [0.2, 0.25) is 0 Å². The Labute approximate surface area is 537 Å². The Morgan fingerprint density at radius 2 is 0.500 bits per heavy atom. The van der Waals surface area contributed by atoms with Gasteiger partial charge in [0.05, 0.1) is 13.2 Å². The molecule has 0 amide bonds. The van der Waals surface area contributed by atoms with Gasteiger partial charge in [-0.2, -0.15) is 0 Å². The van der Waals surface area contributed by atoms with Crippen LogP contribution in [0.5, 0.6) is 0 Å². The van der Waals surface area contributed by atoms with E-state index in [0.717, 1.165) is 32.1 Å². The van der Waals surface area contributed by atoms with Crippen molar-refractivity contribution in [3.05, 3.63) is 0 Å². The highest BCUT2D eigenvalue weighted by atomic mass is 31.2. The summed E-state index contributed by atoms with van der Waals surface area (Å²) in [5.41, 5.74) is 5.41. The summed E-state index contributed by atoms with van der Waals surface area (Å²) in [6.45, 7) is 3.85. The maximum Gasteiger partial charge on any atom is 0.472 e. The van der Waals surface area contributed by atoms with E-state index in [-0.39, 0.29) is 32.1 Å². The molecular weight excluding hydrogens is 1090 g/mol. The molecule has 0 aliphatic rings. The summed E-state index contributed by atoms with van der Waals surface area (Å²) in [5.74, 6) is -0.795. The van der Waals surface area contributed by atoms with Crippen LogP contribution >= 0.6 is 7.82 Å². The van der Waals surface area contributed by atoms with Crippen molar-refractivity contribution in [2.24, 2.45) is 5.73 Å². The maximum atomic E-state index is 12.8. The zero-order valence-corrected chi connectivity index (χ0v) is 59.0. The van der Waals surface area contributed by atoms with Gasteiger partial charge in [-0.15, -0.1) is 0 Å². The van der Waals surface area contributed by atoms with E-state index in [4.69, 9.17) is 24.3 Å². The van der Waals surface area contributed by atoms with Crippen LogP contribution in [0.15, 0.2) is 0 Å². The van der Waals surface area contributed by atoms with E-state index in [1.807, 2.05) is 0 Å². The molecular formula is C76H152NO8P. The molecule has 0 fully saturated rings. The molecule has 0 aliphatic carbocycles. The van der Waals surface area contributed by atoms with Crippen molar-refractivity contribution in [1.82, 2.24) is 0 Å². The van der Waals surface area contributed by atoms with Crippen molar-refractivity contribution in [2.45, 2.75) is 450 Å². The number of ether oxygens (including phenoxy) is 2. The molecule has 0 heterocycles. The maximum absolute atomic E-state index is 12.8. The molecule has 86 heavy (non-hydrogen) atoms. The van der Waals surface area contributed by atoms with Gasteiger partial charge in [0, 0.05) is 19.4 Å². The number of nitrogens with two attached hydrogens (primary N) is 1. The van der Waals surface area contributed by atoms with Gasteiger partial charge in [-0.3, -0.25) is 18.6 Å². The fourth-order valence-corrected chi connectivity index (χ4v) is 13.2. The molecule has 0 saturated carbocycles. The Kier molecular flexibility index (Phi) is 72.2. The average molecular weight is 1240 g/mol. The third-order valence-electron chi connectivity index (χ3n) is 18.2. The van der Waals surface area contributed by atoms with Gasteiger partial charge < -0.3 is 20.1 Å². The monoisotopic (exact) mass is 1240 g/mol. The summed E-state index contributed by atoms with van der Waals surface area (Å²) < 4.78 is 33.3. The lowest BCUT2D eigenvalue weighted by atomic mass is 10.0. The summed E-state index contributed by atoms with van der Waals surface area (Å²) >= 11 is 0. The molecule has 0 aromatic carbocycles. The van der Waals surface area contributed by atoms with Crippen LogP contribution in [0.1, 0.15) is 444 Å². The largest absolute Gasteiger partial charge is 0.472 e. The number of hydrogen-bond donors (Lipinski definition) is 2. The van der Waals surface area contributed by atoms with Gasteiger partial charge in [0.1, 0.15) is 6.61 Å². The number of carbonyl (C=O) groups is 2. The molecule has 2 unspecified atom stereocenters. The van der Waals surface area contributed by atoms with Crippen LogP contribution in [-0.2, 0) is 32.7 Å². The highest BCUT2D eigenvalue weighted by Crippen LogP contribution is 2.43. The molecule has 0 bridgehead atoms. The minimum absolute atomic E-state index is 0.0589. The van der Waals surface area contributed by atoms with E-state index < -0.39 is 26.5 Å². The van der Waals surface area contributed by atoms with E-state index >= 15 is 0 Å². The summed E-state index contributed by atoms with van der Waals surface area (Å²) in [4.78, 5) is 35.4. The summed E-state index contributed by atoms with van der Waals surface area (Å²) in [6.07, 6.45) is 88.2. The van der Waals surface area contributed by atoms with Crippen molar-refractivity contribution in [3.8, 4) is 0 Å². The molecule has 0 aromatic rings. The lowest BCUT2D eigenvalue weighted by Crippen LogP contribution is -2.29. The Balaban J connectivity index is 3.71. The van der Waals surface area contributed by atoms with Crippen LogP contribution in [0.2, 0.25) is 0 Å². The van der Waals surface area contributed by atoms with Crippen molar-refractivity contribution in [2.75, 3.05) is 26.4 Å². The molecule has 2 atom stereocenters. The Morgan fingerprint density at radius 1 is 0.302 bits per heavy atom. The first-order chi connectivity index (χ1) is 42.3. The Hall–Kier alpha value is -0.990. The first kappa shape index (κ1) is 85.0. The zero-order valence-electron chi connectivity index (χ0n) is 58.1. The number of rotatable bonds is 76. The van der Waals surface area contributed by atoms with Crippen LogP contribution in [0.3, 0.4) is 0 Å². The van der Waals surface area contributed by atoms with Crippen molar-refractivity contribution < 1.29 is 37.6 Å². The first-order valence-corrected chi connectivity index (χ1v) is 40.5. The Morgan fingerprint density at radius 3 is 0.709 bits per heavy atom. The second-order valence-electron chi connectivity index (χ2n) is 27.0. The number of phosphoric acid groups is 1. The van der Waals surface area contributed by atoms with E-state index in [2.05, 4.69) is 13.8 Å². The molecule has 0 rings (SSSR count). The lowest BCUT2D eigenvalue weighted by Gasteiger charge is -2.19. The molecule has 514 valence electrons. The standard InChI is InChI=1S/C76H152NO8P/c1-3-5-7-9-11-13-15-17-19-21-23-25-27-29-31-32-33-34-35-36-37-38-39-40-41-42-43-45-47-49-51-53-55-57-59-61-63-65-67-69-76(79)85-74(73-84-86(80,81)83-71-70-77)72-82-75(78)68-66-64-62-60-58-56-54-52-50-48-46-44-30-28-26-24-22-20-18-16-14-12-10-8-6-4-2/h74H,3-73,77H2,1-2H3,(H,80,81). The third-order valence-corrected chi connectivity index (χ3v) is 19.2. The number of unbranched alkanes of at least 4 members (excludes halogenated alkanes) is 63. The quantitative estimate of drug-likeness (QED) is 0.0347. The molecule has 9 nitrogen and oxygen atoms in total. The van der Waals surface area contributed by atoms with Crippen LogP contribution in [-0.4, -0.2) is 49.3 Å². The van der Waals surface area contributed by atoms with Gasteiger partial charge in [0.15, 0.2) is 6.10 Å². The summed E-state index contributed by atoms with van der Waals surface area (Å²) in [6, 6.07) is 0. The van der Waals surface area contributed by atoms with Gasteiger partial charge in [0.25, 0.3) is 0 Å². The Bertz CT molecular complexity index is 1370. The number of esters is 2. The number of carbonyl (C=O) groups excluding carboxylic acids is 2. The lowest BCUT2D eigenvalue weighted by molar-refractivity contribution is -0.161. The fourth-order valence-electron chi connectivity index (χ4n) is 12.5. The van der Waals surface area contributed by atoms with Gasteiger partial charge in [-0.05, 0) is 12.8 Å². The molecule has 0 spiro atoms. The predicted octanol–water partition coefficient (Wildman–Crippen LogP) is 25.7. The zero-order chi connectivity index (χ0) is 62.3. The van der Waals surface area contributed by atoms with Crippen molar-refractivity contribution in [1.29, 1.82) is 0 Å². The van der Waals surface area contributed by atoms with Gasteiger partial charge in [-0.1, -0.05) is 418 Å². The number of hydrogen-bond acceptors (Lipinski definition) is 8. The van der Waals surface area contributed by atoms with Crippen molar-refractivity contribution in [3.63, 3.8) is 0 Å². The highest BCUT2D eigenvalue weighted by Gasteiger charge is 2.26. The molecule has 0 radical (unpaired) electrons. The average Bonchev–Trinajstić information content (AvgIpc) is 3.55. The SMILES string of the molecule is CCCCCCCCCCCCCCCCCCCCCCCCCCCCCCCCCCCCCCCCCC(=O)OC(COC(=O)CCCCCCCCCCCCCCCCCCCCCCCCCCCC)COP(=O)(O)OCCN. The topological polar surface area (TPSA) is 134 Å².